The van der Waals surface area contributed by atoms with Gasteiger partial charge in [-0.15, -0.1) is 0 Å². The van der Waals surface area contributed by atoms with E-state index in [0.29, 0.717) is 49.3 Å². The summed E-state index contributed by atoms with van der Waals surface area (Å²) in [5.41, 5.74) is 2.27. The van der Waals surface area contributed by atoms with Crippen molar-refractivity contribution in [1.82, 2.24) is 20.9 Å². The van der Waals surface area contributed by atoms with E-state index in [2.05, 4.69) is 16.0 Å². The molecule has 0 radical (unpaired) electrons. The van der Waals surface area contributed by atoms with Gasteiger partial charge in [-0.25, -0.2) is 0 Å². The average molecular weight is 580 g/mol. The molecule has 2 aromatic rings. The number of hydrogen-bond donors (Lipinski definition) is 3. The molecule has 0 saturated heterocycles. The Bertz CT molecular complexity index is 1030. The summed E-state index contributed by atoms with van der Waals surface area (Å²) >= 11 is 11.7. The number of nitrogens with one attached hydrogen (secondary N) is 3. The maximum Gasteiger partial charge on any atom is 0.240 e. The molecule has 0 heterocycles. The van der Waals surface area contributed by atoms with E-state index < -0.39 is 0 Å². The van der Waals surface area contributed by atoms with Gasteiger partial charge < -0.3 is 25.6 Å². The third kappa shape index (κ3) is 12.7. The topological polar surface area (TPSA) is 99.8 Å². The van der Waals surface area contributed by atoms with Crippen LogP contribution in [-0.4, -0.2) is 69.0 Å². The van der Waals surface area contributed by atoms with Gasteiger partial charge >= 0.3 is 0 Å². The largest absolute Gasteiger partial charge is 0.492 e. The van der Waals surface area contributed by atoms with E-state index in [9.17, 15) is 14.4 Å². The summed E-state index contributed by atoms with van der Waals surface area (Å²) in [6, 6.07) is 13.0. The molecule has 0 aromatic heterocycles. The van der Waals surface area contributed by atoms with Gasteiger partial charge in [0.2, 0.25) is 18.2 Å². The monoisotopic (exact) mass is 578 g/mol. The van der Waals surface area contributed by atoms with E-state index in [-0.39, 0.29) is 24.4 Å². The molecule has 2 aromatic carbocycles. The fourth-order valence-electron chi connectivity index (χ4n) is 3.89. The summed E-state index contributed by atoms with van der Waals surface area (Å²) in [4.78, 5) is 36.4. The van der Waals surface area contributed by atoms with Crippen LogP contribution in [0.5, 0.6) is 5.75 Å². The maximum atomic E-state index is 12.8. The number of likely N-dealkylation sites (N-methyl/N-ethyl adjacent to an activating group) is 2. The zero-order valence-corrected chi connectivity index (χ0v) is 24.5. The standard InChI is InChI=1S/C22H33ClN4O4.C7H7Cl/c1-3-25-20(29)14-27(2)22(30)21(17-6-7-17)26-11-12-31-19-13-18(23)9-8-16(19)5-4-10-24-15-28;1-6-2-4-7(8)5-3-6/h8-9,13,15,17,21,26H,3-7,10-12,14H2,1-2H3,(H,24,28)(H,25,29);2-5H,1H3. The summed E-state index contributed by atoms with van der Waals surface area (Å²) in [5, 5.41) is 10.1. The smallest absolute Gasteiger partial charge is 0.240 e. The Morgan fingerprint density at radius 2 is 1.79 bits per heavy atom. The molecule has 3 N–H and O–H groups in total. The van der Waals surface area contributed by atoms with Crippen molar-refractivity contribution in [1.29, 1.82) is 0 Å². The van der Waals surface area contributed by atoms with Crippen LogP contribution in [0.25, 0.3) is 0 Å². The molecule has 39 heavy (non-hydrogen) atoms. The van der Waals surface area contributed by atoms with Crippen LogP contribution in [0.4, 0.5) is 0 Å². The lowest BCUT2D eigenvalue weighted by molar-refractivity contribution is -0.136. The summed E-state index contributed by atoms with van der Waals surface area (Å²) in [7, 11) is 1.66. The Morgan fingerprint density at radius 3 is 2.41 bits per heavy atom. The van der Waals surface area contributed by atoms with Crippen LogP contribution in [0.2, 0.25) is 10.0 Å². The van der Waals surface area contributed by atoms with Crippen molar-refractivity contribution in [3.05, 3.63) is 63.6 Å². The summed E-state index contributed by atoms with van der Waals surface area (Å²) in [6.45, 7) is 5.97. The van der Waals surface area contributed by atoms with Gasteiger partial charge in [-0.05, 0) is 75.3 Å². The Morgan fingerprint density at radius 1 is 1.10 bits per heavy atom. The van der Waals surface area contributed by atoms with Crippen LogP contribution in [0.1, 0.15) is 37.3 Å². The third-order valence-electron chi connectivity index (χ3n) is 6.10. The molecule has 1 saturated carbocycles. The van der Waals surface area contributed by atoms with Gasteiger partial charge in [0.15, 0.2) is 0 Å². The molecule has 8 nitrogen and oxygen atoms in total. The quantitative estimate of drug-likeness (QED) is 0.219. The molecule has 0 spiro atoms. The van der Waals surface area contributed by atoms with Gasteiger partial charge in [-0.1, -0.05) is 47.0 Å². The molecule has 1 fully saturated rings. The second kappa shape index (κ2) is 17.7. The molecule has 10 heteroatoms. The predicted molar refractivity (Wildman–Crippen MR) is 156 cm³/mol. The second-order valence-corrected chi connectivity index (χ2v) is 10.4. The number of nitrogens with zero attached hydrogens (tertiary/aromatic N) is 1. The minimum Gasteiger partial charge on any atom is -0.492 e. The van der Waals surface area contributed by atoms with Crippen molar-refractivity contribution in [2.24, 2.45) is 5.92 Å². The van der Waals surface area contributed by atoms with Crippen molar-refractivity contribution in [3.63, 3.8) is 0 Å². The van der Waals surface area contributed by atoms with E-state index in [1.165, 1.54) is 10.5 Å². The first-order valence-electron chi connectivity index (χ1n) is 13.3. The highest BCUT2D eigenvalue weighted by Gasteiger charge is 2.37. The molecule has 1 atom stereocenters. The Kier molecular flexibility index (Phi) is 14.7. The molecule has 1 aliphatic rings. The number of aryl methyl sites for hydroxylation is 2. The van der Waals surface area contributed by atoms with Gasteiger partial charge in [0.25, 0.3) is 0 Å². The number of carbonyl (C=O) groups is 3. The number of benzene rings is 2. The molecule has 0 bridgehead atoms. The van der Waals surface area contributed by atoms with Crippen LogP contribution in [-0.2, 0) is 20.8 Å². The van der Waals surface area contributed by atoms with E-state index >= 15 is 0 Å². The number of hydrogen-bond acceptors (Lipinski definition) is 5. The fourth-order valence-corrected chi connectivity index (χ4v) is 4.17. The van der Waals surface area contributed by atoms with E-state index in [0.717, 1.165) is 36.3 Å². The lowest BCUT2D eigenvalue weighted by Gasteiger charge is -2.24. The van der Waals surface area contributed by atoms with Crippen LogP contribution >= 0.6 is 23.2 Å². The summed E-state index contributed by atoms with van der Waals surface area (Å²) < 4.78 is 5.94. The highest BCUT2D eigenvalue weighted by molar-refractivity contribution is 6.30. The van der Waals surface area contributed by atoms with E-state index in [1.54, 1.807) is 13.1 Å². The molecular formula is C29H40Cl2N4O4. The molecule has 0 aliphatic heterocycles. The second-order valence-electron chi connectivity index (χ2n) is 9.49. The van der Waals surface area contributed by atoms with Crippen molar-refractivity contribution in [3.8, 4) is 5.75 Å². The van der Waals surface area contributed by atoms with Crippen LogP contribution < -0.4 is 20.7 Å². The Hall–Kier alpha value is -2.81. The molecular weight excluding hydrogens is 539 g/mol. The first-order valence-corrected chi connectivity index (χ1v) is 14.1. The Labute approximate surface area is 241 Å². The lowest BCUT2D eigenvalue weighted by atomic mass is 10.1. The van der Waals surface area contributed by atoms with Crippen LogP contribution in [0.15, 0.2) is 42.5 Å². The van der Waals surface area contributed by atoms with Gasteiger partial charge in [0.1, 0.15) is 12.4 Å². The van der Waals surface area contributed by atoms with Crippen LogP contribution in [0, 0.1) is 12.8 Å². The average Bonchev–Trinajstić information content (AvgIpc) is 3.75. The van der Waals surface area contributed by atoms with Gasteiger partial charge in [0.05, 0.1) is 12.6 Å². The molecule has 1 aliphatic carbocycles. The molecule has 3 amide bonds. The minimum atomic E-state index is -0.309. The number of rotatable bonds is 15. The third-order valence-corrected chi connectivity index (χ3v) is 6.59. The SMILES string of the molecule is CCNC(=O)CN(C)C(=O)C(NCCOc1cc(Cl)ccc1CCCNC=O)C1CC1.Cc1ccc(Cl)cc1. The van der Waals surface area contributed by atoms with Crippen molar-refractivity contribution in [2.75, 3.05) is 39.8 Å². The van der Waals surface area contributed by atoms with Gasteiger partial charge in [-0.2, -0.15) is 0 Å². The van der Waals surface area contributed by atoms with Gasteiger partial charge in [0, 0.05) is 36.7 Å². The Balaban J connectivity index is 0.000000568. The zero-order chi connectivity index (χ0) is 28.6. The van der Waals surface area contributed by atoms with Gasteiger partial charge in [-0.3, -0.25) is 14.4 Å². The number of carbonyl (C=O) groups excluding carboxylic acids is 3. The highest BCUT2D eigenvalue weighted by atomic mass is 35.5. The van der Waals surface area contributed by atoms with Crippen LogP contribution in [0.3, 0.4) is 0 Å². The first kappa shape index (κ1) is 32.4. The fraction of sp³-hybridized carbons (Fsp3) is 0.483. The minimum absolute atomic E-state index is 0.0545. The first-order chi connectivity index (χ1) is 18.7. The van der Waals surface area contributed by atoms with Crippen molar-refractivity contribution < 1.29 is 19.1 Å². The summed E-state index contributed by atoms with van der Waals surface area (Å²) in [6.07, 6.45) is 4.26. The van der Waals surface area contributed by atoms with E-state index in [1.807, 2.05) is 50.2 Å². The van der Waals surface area contributed by atoms with Crippen molar-refractivity contribution >= 4 is 41.4 Å². The lowest BCUT2D eigenvalue weighted by Crippen LogP contribution is -2.49. The molecule has 214 valence electrons. The van der Waals surface area contributed by atoms with E-state index in [4.69, 9.17) is 27.9 Å². The normalized spacial score (nSPS) is 12.9. The maximum absolute atomic E-state index is 12.8. The number of halogens is 2. The number of amides is 3. The number of ether oxygens (including phenoxy) is 1. The summed E-state index contributed by atoms with van der Waals surface area (Å²) in [5.74, 6) is 0.784. The molecule has 1 unspecified atom stereocenters. The molecule has 3 rings (SSSR count). The highest BCUT2D eigenvalue weighted by Crippen LogP contribution is 2.33. The van der Waals surface area contributed by atoms with Crippen molar-refractivity contribution in [2.45, 2.75) is 45.6 Å². The predicted octanol–water partition coefficient (Wildman–Crippen LogP) is 4.01. The zero-order valence-electron chi connectivity index (χ0n) is 23.0.